The first kappa shape index (κ1) is 42.9. The number of halogens is 1. The van der Waals surface area contributed by atoms with Gasteiger partial charge in [0.25, 0.3) is 11.8 Å². The van der Waals surface area contributed by atoms with Crippen molar-refractivity contribution in [3.05, 3.63) is 118 Å². The van der Waals surface area contributed by atoms with Gasteiger partial charge < -0.3 is 20.8 Å². The number of nitrogens with zero attached hydrogens (tertiary/aromatic N) is 10. The summed E-state index contributed by atoms with van der Waals surface area (Å²) in [5, 5.41) is 23.7. The molecule has 1 aliphatic rings. The minimum Gasteiger partial charge on any atom is -0.399 e. The van der Waals surface area contributed by atoms with Gasteiger partial charge in [-0.1, -0.05) is 34.4 Å². The molecule has 7 rings (SSSR count). The van der Waals surface area contributed by atoms with Gasteiger partial charge in [-0.15, -0.1) is 10.2 Å². The molecule has 298 valence electrons. The van der Waals surface area contributed by atoms with Crippen molar-refractivity contribution in [3.8, 4) is 22.8 Å². The lowest BCUT2D eigenvalue weighted by Crippen LogP contribution is -2.41. The van der Waals surface area contributed by atoms with Crippen molar-refractivity contribution in [3.63, 3.8) is 0 Å². The molecular weight excluding hydrogens is 803 g/mol. The van der Waals surface area contributed by atoms with Gasteiger partial charge in [0.05, 0.1) is 35.4 Å². The maximum Gasteiger partial charge on any atom is 0.496 e. The summed E-state index contributed by atoms with van der Waals surface area (Å²) in [5.41, 5.74) is 18.2. The molecule has 6 aromatic rings. The topological polar surface area (TPSA) is 218 Å². The number of carbonyl (C=O) groups is 2. The summed E-state index contributed by atoms with van der Waals surface area (Å²) >= 11 is 3.07. The van der Waals surface area contributed by atoms with Crippen molar-refractivity contribution in [2.45, 2.75) is 66.6 Å². The molecule has 0 atom stereocenters. The first-order valence-electron chi connectivity index (χ1n) is 18.0. The molecule has 16 nitrogen and oxygen atoms in total. The molecule has 2 amide bonds. The summed E-state index contributed by atoms with van der Waals surface area (Å²) in [7, 11) is -0.342. The molecule has 0 saturated carbocycles. The zero-order valence-electron chi connectivity index (χ0n) is 33.5. The predicted molar refractivity (Wildman–Crippen MR) is 225 cm³/mol. The second kappa shape index (κ2) is 18.4. The Bertz CT molecular complexity index is 2390. The van der Waals surface area contributed by atoms with Crippen molar-refractivity contribution in [2.75, 3.05) is 0 Å². The van der Waals surface area contributed by atoms with E-state index in [1.165, 1.54) is 46.8 Å². The average Bonchev–Trinajstić information content (AvgIpc) is 3.89. The molecule has 0 radical (unpaired) electrons. The summed E-state index contributed by atoms with van der Waals surface area (Å²) in [5.74, 6) is 0.0532. The van der Waals surface area contributed by atoms with Gasteiger partial charge >= 0.3 is 7.12 Å². The van der Waals surface area contributed by atoms with Gasteiger partial charge in [0.1, 0.15) is 17.1 Å². The molecule has 1 saturated heterocycles. The van der Waals surface area contributed by atoms with Crippen LogP contribution < -0.4 is 16.9 Å². The number of aryl methyl sites for hydroxylation is 4. The molecule has 0 aliphatic carbocycles. The summed E-state index contributed by atoms with van der Waals surface area (Å²) in [4.78, 5) is 31.1. The second-order valence-electron chi connectivity index (χ2n) is 14.5. The molecule has 0 spiro atoms. The van der Waals surface area contributed by atoms with Gasteiger partial charge in [-0.2, -0.15) is 20.4 Å². The van der Waals surface area contributed by atoms with Gasteiger partial charge in [0.2, 0.25) is 0 Å². The van der Waals surface area contributed by atoms with Crippen LogP contribution in [0.15, 0.2) is 90.5 Å². The third kappa shape index (κ3) is 11.2. The number of hydrogen-bond donors (Lipinski definition) is 2. The molecule has 1 fully saturated rings. The number of hydrogen-bond acceptors (Lipinski definition) is 12. The summed E-state index contributed by atoms with van der Waals surface area (Å²) in [6, 6.07) is 15.7. The van der Waals surface area contributed by atoms with E-state index in [-0.39, 0.29) is 28.4 Å². The minimum atomic E-state index is -0.577. The minimum absolute atomic E-state index is 0.240. The molecule has 0 unspecified atom stereocenters. The highest BCUT2D eigenvalue weighted by Gasteiger charge is 2.51. The third-order valence-corrected chi connectivity index (χ3v) is 9.61. The molecule has 4 aromatic heterocycles. The quantitative estimate of drug-likeness (QED) is 0.155. The first-order chi connectivity index (χ1) is 27.4. The fraction of sp³-hybridized carbons (Fsp3) is 0.250. The normalized spacial score (nSPS) is 14.5. The number of rotatable bonds is 8. The smallest absolute Gasteiger partial charge is 0.399 e. The summed E-state index contributed by atoms with van der Waals surface area (Å²) < 4.78 is 14.9. The Labute approximate surface area is 345 Å². The zero-order valence-corrected chi connectivity index (χ0v) is 35.0. The fourth-order valence-corrected chi connectivity index (χ4v) is 5.82. The van der Waals surface area contributed by atoms with Gasteiger partial charge in [0.15, 0.2) is 11.6 Å². The van der Waals surface area contributed by atoms with Crippen molar-refractivity contribution < 1.29 is 18.9 Å². The zero-order chi connectivity index (χ0) is 42.2. The first-order valence-corrected chi connectivity index (χ1v) is 18.8. The SMILES string of the molecule is CC1(C)OB(c2ccnnc2)OC1(C)C.Cc1cc(C)cc(-c2ncn(/C=C(/C(N)=O)c3ccnnc3)n2)c1.Cc1cc(C)cc(-c2ncn(/C=C(\Br)C(N)=O)n2)c1. The van der Waals surface area contributed by atoms with E-state index >= 15 is 0 Å². The second-order valence-corrected chi connectivity index (χ2v) is 15.3. The van der Waals surface area contributed by atoms with Gasteiger partial charge in [0, 0.05) is 40.7 Å². The number of amides is 2. The Hall–Kier alpha value is -6.24. The molecule has 2 aromatic carbocycles. The number of primary amides is 2. The molecule has 5 heterocycles. The number of benzene rings is 2. The molecule has 18 heteroatoms. The van der Waals surface area contributed by atoms with E-state index in [1.54, 1.807) is 18.5 Å². The lowest BCUT2D eigenvalue weighted by atomic mass is 9.81. The number of nitrogens with two attached hydrogens (primary N) is 2. The molecule has 0 bridgehead atoms. The predicted octanol–water partition coefficient (Wildman–Crippen LogP) is 4.85. The summed E-state index contributed by atoms with van der Waals surface area (Å²) in [6.45, 7) is 16.2. The van der Waals surface area contributed by atoms with E-state index in [4.69, 9.17) is 20.8 Å². The Kier molecular flexibility index (Phi) is 13.6. The monoisotopic (exact) mass is 846 g/mol. The highest BCUT2D eigenvalue weighted by Crippen LogP contribution is 2.36. The highest BCUT2D eigenvalue weighted by molar-refractivity contribution is 9.12. The van der Waals surface area contributed by atoms with E-state index in [0.717, 1.165) is 38.8 Å². The van der Waals surface area contributed by atoms with E-state index < -0.39 is 11.8 Å². The Morgan fingerprint density at radius 2 is 1.14 bits per heavy atom. The van der Waals surface area contributed by atoms with Crippen LogP contribution in [0.4, 0.5) is 0 Å². The fourth-order valence-electron chi connectivity index (χ4n) is 5.61. The number of aromatic nitrogens is 10. The molecule has 4 N–H and O–H groups in total. The number of carbonyl (C=O) groups excluding carboxylic acids is 2. The van der Waals surface area contributed by atoms with Crippen LogP contribution in [0.1, 0.15) is 55.5 Å². The Morgan fingerprint density at radius 3 is 1.55 bits per heavy atom. The molecule has 1 aliphatic heterocycles. The van der Waals surface area contributed by atoms with E-state index in [9.17, 15) is 9.59 Å². The lowest BCUT2D eigenvalue weighted by Gasteiger charge is -2.32. The summed E-state index contributed by atoms with van der Waals surface area (Å²) in [6.07, 6.45) is 12.3. The lowest BCUT2D eigenvalue weighted by molar-refractivity contribution is -0.114. The van der Waals surface area contributed by atoms with Crippen LogP contribution in [-0.4, -0.2) is 80.1 Å². The van der Waals surface area contributed by atoms with Crippen molar-refractivity contribution in [2.24, 2.45) is 11.5 Å². The van der Waals surface area contributed by atoms with Gasteiger partial charge in [-0.3, -0.25) is 9.59 Å². The highest BCUT2D eigenvalue weighted by atomic mass is 79.9. The van der Waals surface area contributed by atoms with Crippen LogP contribution in [0.2, 0.25) is 0 Å². The van der Waals surface area contributed by atoms with E-state index in [1.807, 2.05) is 85.7 Å². The molecule has 58 heavy (non-hydrogen) atoms. The van der Waals surface area contributed by atoms with Gasteiger partial charge in [-0.05, 0) is 108 Å². The van der Waals surface area contributed by atoms with E-state index in [2.05, 4.69) is 68.6 Å². The van der Waals surface area contributed by atoms with Crippen LogP contribution in [0.3, 0.4) is 0 Å². The van der Waals surface area contributed by atoms with Crippen LogP contribution in [0, 0.1) is 27.7 Å². The van der Waals surface area contributed by atoms with E-state index in [0.29, 0.717) is 17.2 Å². The van der Waals surface area contributed by atoms with Crippen molar-refractivity contribution >= 4 is 58.3 Å². The van der Waals surface area contributed by atoms with Crippen LogP contribution in [0.5, 0.6) is 0 Å². The van der Waals surface area contributed by atoms with Crippen LogP contribution >= 0.6 is 15.9 Å². The van der Waals surface area contributed by atoms with Crippen LogP contribution in [0.25, 0.3) is 40.7 Å². The standard InChI is InChI=1S/C17H16N6O.C13H13BrN4O.C10H15BN2O2/c1-11-5-12(2)7-14(6-11)17-19-10-23(22-17)9-15(16(18)24)13-3-4-20-21-8-13;1-8-3-9(2)5-10(4-8)13-16-7-18(17-13)6-11(14)12(15)19;1-9(2)10(3,4)15-11(14-9)8-5-6-12-13-7-8/h3-10H,1-2H3,(H2,18,24);3-7H,1-2H3,(H2,15,19);5-7H,1-4H3/b15-9+;11-6-;. The maximum atomic E-state index is 11.7. The Morgan fingerprint density at radius 1 is 0.672 bits per heavy atom. The van der Waals surface area contributed by atoms with Crippen molar-refractivity contribution in [1.82, 2.24) is 49.9 Å². The van der Waals surface area contributed by atoms with Crippen molar-refractivity contribution in [1.29, 1.82) is 0 Å². The average molecular weight is 848 g/mol. The van der Waals surface area contributed by atoms with Crippen LogP contribution in [-0.2, 0) is 18.9 Å². The third-order valence-electron chi connectivity index (χ3n) is 9.01. The maximum absolute atomic E-state index is 11.7. The molecular formula is C40H44BBrN12O4. The Balaban J connectivity index is 0.000000170. The largest absolute Gasteiger partial charge is 0.496 e. The van der Waals surface area contributed by atoms with Gasteiger partial charge in [-0.25, -0.2) is 19.3 Å².